The average molecular weight is 310 g/mol. The maximum absolute atomic E-state index is 12.7. The fraction of sp³-hybridized carbons (Fsp3) is 0.0588. The lowest BCUT2D eigenvalue weighted by Crippen LogP contribution is -2.17. The van der Waals surface area contributed by atoms with Crippen molar-refractivity contribution in [3.8, 4) is 5.69 Å². The Morgan fingerprint density at radius 1 is 1.14 bits per heavy atom. The molecule has 3 aromatic rings. The first-order valence-electron chi connectivity index (χ1n) is 6.93. The summed E-state index contributed by atoms with van der Waals surface area (Å²) in [6, 6.07) is 15.2. The van der Waals surface area contributed by atoms with Gasteiger partial charge >= 0.3 is 0 Å². The monoisotopic (exact) mass is 309 g/mol. The molecule has 0 aliphatic carbocycles. The summed E-state index contributed by atoms with van der Waals surface area (Å²) >= 11 is 6.17. The SMILES string of the molecule is [O-][N+]1=C(c2ccccc2)c2cc(Cl)ccc2-n2ccnc2C1. The average Bonchev–Trinajstić information content (AvgIpc) is 2.93. The van der Waals surface area contributed by atoms with Crippen LogP contribution in [0.2, 0.25) is 5.02 Å². The molecule has 0 atom stereocenters. The molecular formula is C17H12ClN3O. The number of hydroxylamine groups is 1. The summed E-state index contributed by atoms with van der Waals surface area (Å²) < 4.78 is 2.92. The van der Waals surface area contributed by atoms with E-state index < -0.39 is 0 Å². The van der Waals surface area contributed by atoms with E-state index in [1.807, 2.05) is 59.3 Å². The van der Waals surface area contributed by atoms with E-state index in [1.54, 1.807) is 6.20 Å². The van der Waals surface area contributed by atoms with E-state index in [2.05, 4.69) is 4.98 Å². The molecule has 22 heavy (non-hydrogen) atoms. The van der Waals surface area contributed by atoms with Crippen LogP contribution in [0.15, 0.2) is 60.9 Å². The van der Waals surface area contributed by atoms with Gasteiger partial charge in [-0.05, 0) is 30.3 Å². The van der Waals surface area contributed by atoms with Gasteiger partial charge in [0, 0.05) is 23.0 Å². The van der Waals surface area contributed by atoms with Crippen LogP contribution in [0.1, 0.15) is 17.0 Å². The Morgan fingerprint density at radius 2 is 1.95 bits per heavy atom. The lowest BCUT2D eigenvalue weighted by atomic mass is 10.0. The van der Waals surface area contributed by atoms with Crippen LogP contribution in [0.4, 0.5) is 0 Å². The predicted octanol–water partition coefficient (Wildman–Crippen LogP) is 3.39. The number of halogens is 1. The zero-order valence-electron chi connectivity index (χ0n) is 11.6. The van der Waals surface area contributed by atoms with Crippen molar-refractivity contribution in [1.82, 2.24) is 9.55 Å². The van der Waals surface area contributed by atoms with Crippen molar-refractivity contribution < 1.29 is 4.74 Å². The van der Waals surface area contributed by atoms with Gasteiger partial charge in [-0.15, -0.1) is 0 Å². The molecule has 108 valence electrons. The summed E-state index contributed by atoms with van der Waals surface area (Å²) in [5.41, 5.74) is 3.20. The van der Waals surface area contributed by atoms with E-state index in [0.29, 0.717) is 16.6 Å². The molecule has 4 nitrogen and oxygen atoms in total. The molecule has 0 radical (unpaired) electrons. The van der Waals surface area contributed by atoms with Crippen LogP contribution in [0.25, 0.3) is 5.69 Å². The minimum Gasteiger partial charge on any atom is -0.623 e. The lowest BCUT2D eigenvalue weighted by molar-refractivity contribution is -0.475. The number of fused-ring (bicyclic) bond motifs is 3. The molecule has 1 aliphatic rings. The molecule has 0 spiro atoms. The van der Waals surface area contributed by atoms with Crippen LogP contribution in [-0.2, 0) is 6.54 Å². The maximum Gasteiger partial charge on any atom is 0.228 e. The number of rotatable bonds is 1. The van der Waals surface area contributed by atoms with Crippen molar-refractivity contribution in [1.29, 1.82) is 0 Å². The minimum absolute atomic E-state index is 0.198. The molecule has 2 heterocycles. The molecule has 2 aromatic carbocycles. The van der Waals surface area contributed by atoms with Gasteiger partial charge in [-0.3, -0.25) is 4.57 Å². The van der Waals surface area contributed by atoms with Crippen LogP contribution >= 0.6 is 11.6 Å². The molecule has 5 heteroatoms. The fourth-order valence-electron chi connectivity index (χ4n) is 2.82. The third-order valence-electron chi connectivity index (χ3n) is 3.77. The van der Waals surface area contributed by atoms with Crippen molar-refractivity contribution in [3.05, 3.63) is 88.1 Å². The van der Waals surface area contributed by atoms with Gasteiger partial charge in [0.05, 0.1) is 11.3 Å². The van der Waals surface area contributed by atoms with Gasteiger partial charge < -0.3 is 5.21 Å². The van der Waals surface area contributed by atoms with Gasteiger partial charge in [-0.2, -0.15) is 4.74 Å². The summed E-state index contributed by atoms with van der Waals surface area (Å²) in [6.45, 7) is 0.198. The topological polar surface area (TPSA) is 43.9 Å². The molecule has 0 amide bonds. The van der Waals surface area contributed by atoms with Gasteiger partial charge in [-0.1, -0.05) is 29.8 Å². The summed E-state index contributed by atoms with van der Waals surface area (Å²) in [7, 11) is 0. The van der Waals surface area contributed by atoms with E-state index in [0.717, 1.165) is 21.6 Å². The zero-order chi connectivity index (χ0) is 15.1. The first-order valence-corrected chi connectivity index (χ1v) is 7.31. The molecule has 0 unspecified atom stereocenters. The van der Waals surface area contributed by atoms with Gasteiger partial charge in [0.2, 0.25) is 12.3 Å². The van der Waals surface area contributed by atoms with Crippen LogP contribution < -0.4 is 0 Å². The Hall–Kier alpha value is -2.59. The normalized spacial score (nSPS) is 13.5. The summed E-state index contributed by atoms with van der Waals surface area (Å²) in [6.07, 6.45) is 3.57. The van der Waals surface area contributed by atoms with Crippen LogP contribution in [0, 0.1) is 5.21 Å². The highest BCUT2D eigenvalue weighted by Gasteiger charge is 2.26. The Kier molecular flexibility index (Phi) is 2.98. The molecule has 0 fully saturated rings. The quantitative estimate of drug-likeness (QED) is 0.511. The third-order valence-corrected chi connectivity index (χ3v) is 4.01. The van der Waals surface area contributed by atoms with Gasteiger partial charge in [-0.25, -0.2) is 4.98 Å². The lowest BCUT2D eigenvalue weighted by Gasteiger charge is -2.11. The number of hydrogen-bond acceptors (Lipinski definition) is 2. The number of hydrogen-bond donors (Lipinski definition) is 0. The molecule has 4 rings (SSSR count). The summed E-state index contributed by atoms with van der Waals surface area (Å²) in [5.74, 6) is 0.713. The molecule has 0 saturated heterocycles. The number of benzene rings is 2. The van der Waals surface area contributed by atoms with Crippen LogP contribution in [0.5, 0.6) is 0 Å². The van der Waals surface area contributed by atoms with Crippen LogP contribution in [-0.4, -0.2) is 20.0 Å². The Morgan fingerprint density at radius 3 is 2.77 bits per heavy atom. The highest BCUT2D eigenvalue weighted by Crippen LogP contribution is 2.26. The molecule has 0 N–H and O–H groups in total. The van der Waals surface area contributed by atoms with E-state index in [-0.39, 0.29) is 6.54 Å². The summed E-state index contributed by atoms with van der Waals surface area (Å²) in [5, 5.41) is 13.3. The molecular weight excluding hydrogens is 298 g/mol. The highest BCUT2D eigenvalue weighted by molar-refractivity contribution is 6.31. The molecule has 0 saturated carbocycles. The third kappa shape index (κ3) is 2.00. The first-order chi connectivity index (χ1) is 10.7. The number of aromatic nitrogens is 2. The van der Waals surface area contributed by atoms with E-state index in [9.17, 15) is 5.21 Å². The Labute approximate surface area is 132 Å². The Bertz CT molecular complexity index is 884. The predicted molar refractivity (Wildman–Crippen MR) is 85.6 cm³/mol. The van der Waals surface area contributed by atoms with Crippen molar-refractivity contribution in [2.24, 2.45) is 0 Å². The molecule has 1 aliphatic heterocycles. The molecule has 1 aromatic heterocycles. The minimum atomic E-state index is 0.198. The van der Waals surface area contributed by atoms with E-state index in [4.69, 9.17) is 11.6 Å². The fourth-order valence-corrected chi connectivity index (χ4v) is 2.99. The zero-order valence-corrected chi connectivity index (χ0v) is 12.4. The van der Waals surface area contributed by atoms with Gasteiger partial charge in [0.25, 0.3) is 0 Å². The van der Waals surface area contributed by atoms with Crippen LogP contribution in [0.3, 0.4) is 0 Å². The van der Waals surface area contributed by atoms with Crippen molar-refractivity contribution in [3.63, 3.8) is 0 Å². The van der Waals surface area contributed by atoms with E-state index in [1.165, 1.54) is 0 Å². The van der Waals surface area contributed by atoms with Gasteiger partial charge in [0.1, 0.15) is 0 Å². The first kappa shape index (κ1) is 13.1. The van der Waals surface area contributed by atoms with Crippen molar-refractivity contribution in [2.75, 3.05) is 0 Å². The molecule has 0 bridgehead atoms. The highest BCUT2D eigenvalue weighted by atomic mass is 35.5. The second-order valence-corrected chi connectivity index (χ2v) is 5.56. The number of imidazole rings is 1. The summed E-state index contributed by atoms with van der Waals surface area (Å²) in [4.78, 5) is 4.29. The van der Waals surface area contributed by atoms with Crippen molar-refractivity contribution in [2.45, 2.75) is 6.54 Å². The van der Waals surface area contributed by atoms with E-state index >= 15 is 0 Å². The maximum atomic E-state index is 12.7. The van der Waals surface area contributed by atoms with Gasteiger partial charge in [0.15, 0.2) is 5.82 Å². The van der Waals surface area contributed by atoms with Crippen molar-refractivity contribution >= 4 is 17.3 Å². The second kappa shape index (κ2) is 5.00. The number of nitrogens with zero attached hydrogens (tertiary/aromatic N) is 3. The smallest absolute Gasteiger partial charge is 0.228 e. The second-order valence-electron chi connectivity index (χ2n) is 5.13. The standard InChI is InChI=1S/C17H12ClN3O/c18-13-6-7-15-14(10-13)17(12-4-2-1-3-5-12)21(22)11-16-19-8-9-20(15)16/h1-10H,11H2. The Balaban J connectivity index is 2.06. The largest absolute Gasteiger partial charge is 0.623 e.